The monoisotopic (exact) mass is 336 g/mol. The third-order valence-corrected chi connectivity index (χ3v) is 4.46. The fourth-order valence-electron chi connectivity index (χ4n) is 2.39. The molecule has 0 aliphatic carbocycles. The number of benzene rings is 2. The summed E-state index contributed by atoms with van der Waals surface area (Å²) in [7, 11) is 2.98. The molecule has 2 aromatic carbocycles. The van der Waals surface area contributed by atoms with Gasteiger partial charge in [0.15, 0.2) is 0 Å². The van der Waals surface area contributed by atoms with E-state index in [2.05, 4.69) is 0 Å². The molecule has 0 N–H and O–H groups in total. The largest absolute Gasteiger partial charge is 0.496 e. The lowest BCUT2D eigenvalue weighted by atomic mass is 9.98. The number of carbonyl (C=O) groups is 1. The summed E-state index contributed by atoms with van der Waals surface area (Å²) in [4.78, 5) is 12.9. The van der Waals surface area contributed by atoms with Gasteiger partial charge in [-0.3, -0.25) is 0 Å². The van der Waals surface area contributed by atoms with Crippen LogP contribution in [0.25, 0.3) is 11.1 Å². The van der Waals surface area contributed by atoms with Gasteiger partial charge in [0.05, 0.1) is 19.8 Å². The molecule has 0 aliphatic heterocycles. The maximum absolute atomic E-state index is 12.1. The Morgan fingerprint density at radius 2 is 1.82 bits per heavy atom. The van der Waals surface area contributed by atoms with E-state index in [4.69, 9.17) is 21.1 Å². The van der Waals surface area contributed by atoms with Crippen LogP contribution in [0, 0.1) is 6.92 Å². The molecule has 0 radical (unpaired) electrons. The van der Waals surface area contributed by atoms with E-state index in [0.29, 0.717) is 16.3 Å². The normalized spacial score (nSPS) is 10.4. The molecule has 22 heavy (non-hydrogen) atoms. The first kappa shape index (κ1) is 16.7. The summed E-state index contributed by atoms with van der Waals surface area (Å²) < 4.78 is 10.4. The quantitative estimate of drug-likeness (QED) is 0.591. The van der Waals surface area contributed by atoms with Gasteiger partial charge in [-0.15, -0.1) is 11.8 Å². The number of carbonyl (C=O) groups excluding carboxylic acids is 1. The molecule has 3 nitrogen and oxygen atoms in total. The first-order valence-electron chi connectivity index (χ1n) is 6.63. The van der Waals surface area contributed by atoms with Crippen LogP contribution in [-0.4, -0.2) is 26.4 Å². The fourth-order valence-corrected chi connectivity index (χ4v) is 3.20. The molecule has 0 atom stereocenters. The highest BCUT2D eigenvalue weighted by molar-refractivity contribution is 7.98. The van der Waals surface area contributed by atoms with Crippen molar-refractivity contribution in [1.29, 1.82) is 0 Å². The highest BCUT2D eigenvalue weighted by atomic mass is 35.5. The van der Waals surface area contributed by atoms with Gasteiger partial charge in [-0.05, 0) is 36.9 Å². The zero-order chi connectivity index (χ0) is 16.3. The third-order valence-electron chi connectivity index (χ3n) is 3.45. The molecule has 2 rings (SSSR count). The number of thioether (sulfide) groups is 1. The van der Waals surface area contributed by atoms with E-state index in [1.807, 2.05) is 43.5 Å². The summed E-state index contributed by atoms with van der Waals surface area (Å²) in [6.07, 6.45) is 1.93. The van der Waals surface area contributed by atoms with Crippen LogP contribution in [0.5, 0.6) is 5.75 Å². The Labute approximate surface area is 139 Å². The molecule has 0 heterocycles. The van der Waals surface area contributed by atoms with Gasteiger partial charge in [0.1, 0.15) is 5.75 Å². The lowest BCUT2D eigenvalue weighted by Gasteiger charge is -2.17. The number of rotatable bonds is 4. The summed E-state index contributed by atoms with van der Waals surface area (Å²) in [5.74, 6) is 0.309. The Hall–Kier alpha value is -1.65. The van der Waals surface area contributed by atoms with Crippen molar-refractivity contribution >= 4 is 29.3 Å². The standard InChI is InChI=1S/C17H17ClO3S/c1-10-15(17(19)21-3)14(22-4)9-13(16(10)20-2)11-5-7-12(18)8-6-11/h5-9H,1-4H3. The minimum atomic E-state index is -0.359. The van der Waals surface area contributed by atoms with Gasteiger partial charge in [-0.1, -0.05) is 23.7 Å². The minimum absolute atomic E-state index is 0.359. The molecular formula is C17H17ClO3S. The predicted octanol–water partition coefficient (Wildman–Crippen LogP) is 4.83. The average Bonchev–Trinajstić information content (AvgIpc) is 2.54. The van der Waals surface area contributed by atoms with Crippen LogP contribution in [0.15, 0.2) is 35.2 Å². The zero-order valence-corrected chi connectivity index (χ0v) is 14.5. The van der Waals surface area contributed by atoms with Crippen LogP contribution < -0.4 is 4.74 Å². The number of esters is 1. The highest BCUT2D eigenvalue weighted by Gasteiger charge is 2.22. The van der Waals surface area contributed by atoms with E-state index in [0.717, 1.165) is 21.6 Å². The molecule has 0 saturated heterocycles. The molecule has 5 heteroatoms. The molecule has 0 aliphatic rings. The smallest absolute Gasteiger partial charge is 0.339 e. The maximum Gasteiger partial charge on any atom is 0.339 e. The van der Waals surface area contributed by atoms with E-state index in [-0.39, 0.29) is 5.97 Å². The van der Waals surface area contributed by atoms with Gasteiger partial charge in [-0.25, -0.2) is 4.79 Å². The molecule has 2 aromatic rings. The molecule has 0 bridgehead atoms. The first-order chi connectivity index (χ1) is 10.5. The topological polar surface area (TPSA) is 35.5 Å². The average molecular weight is 337 g/mol. The highest BCUT2D eigenvalue weighted by Crippen LogP contribution is 2.40. The molecule has 116 valence electrons. The summed E-state index contributed by atoms with van der Waals surface area (Å²) in [6.45, 7) is 1.87. The van der Waals surface area contributed by atoms with Crippen LogP contribution in [0.3, 0.4) is 0 Å². The number of halogens is 1. The molecular weight excluding hydrogens is 320 g/mol. The van der Waals surface area contributed by atoms with Crippen molar-refractivity contribution in [2.24, 2.45) is 0 Å². The molecule has 0 saturated carbocycles. The number of hydrogen-bond acceptors (Lipinski definition) is 4. The summed E-state index contributed by atoms with van der Waals surface area (Å²) in [5.41, 5.74) is 3.22. The summed E-state index contributed by atoms with van der Waals surface area (Å²) in [5, 5.41) is 0.677. The van der Waals surface area contributed by atoms with Gasteiger partial charge in [0.25, 0.3) is 0 Å². The summed E-state index contributed by atoms with van der Waals surface area (Å²) >= 11 is 7.45. The van der Waals surface area contributed by atoms with E-state index in [1.54, 1.807) is 7.11 Å². The van der Waals surface area contributed by atoms with Gasteiger partial charge in [-0.2, -0.15) is 0 Å². The van der Waals surface area contributed by atoms with Crippen LogP contribution >= 0.6 is 23.4 Å². The minimum Gasteiger partial charge on any atom is -0.496 e. The van der Waals surface area contributed by atoms with Crippen molar-refractivity contribution in [3.63, 3.8) is 0 Å². The number of methoxy groups -OCH3 is 2. The van der Waals surface area contributed by atoms with Crippen LogP contribution in [-0.2, 0) is 4.74 Å². The maximum atomic E-state index is 12.1. The Bertz CT molecular complexity index is 696. The van der Waals surface area contributed by atoms with Crippen molar-refractivity contribution in [2.45, 2.75) is 11.8 Å². The molecule has 0 aromatic heterocycles. The second kappa shape index (κ2) is 7.07. The predicted molar refractivity (Wildman–Crippen MR) is 91.3 cm³/mol. The van der Waals surface area contributed by atoms with Crippen molar-refractivity contribution in [1.82, 2.24) is 0 Å². The van der Waals surface area contributed by atoms with Gasteiger partial charge in [0, 0.05) is 21.0 Å². The van der Waals surface area contributed by atoms with Crippen molar-refractivity contribution in [2.75, 3.05) is 20.5 Å². The second-order valence-electron chi connectivity index (χ2n) is 4.66. The Balaban J connectivity index is 2.72. The molecule has 0 fully saturated rings. The van der Waals surface area contributed by atoms with Gasteiger partial charge >= 0.3 is 5.97 Å². The zero-order valence-electron chi connectivity index (χ0n) is 12.9. The SMILES string of the molecule is COC(=O)c1c(SC)cc(-c2ccc(Cl)cc2)c(OC)c1C. The van der Waals surface area contributed by atoms with E-state index in [1.165, 1.54) is 18.9 Å². The Morgan fingerprint density at radius 1 is 1.18 bits per heavy atom. The Morgan fingerprint density at radius 3 is 2.32 bits per heavy atom. The second-order valence-corrected chi connectivity index (χ2v) is 5.94. The van der Waals surface area contributed by atoms with Crippen LogP contribution in [0.2, 0.25) is 5.02 Å². The van der Waals surface area contributed by atoms with Crippen molar-refractivity contribution in [3.8, 4) is 16.9 Å². The number of hydrogen-bond donors (Lipinski definition) is 0. The van der Waals surface area contributed by atoms with Gasteiger partial charge in [0.2, 0.25) is 0 Å². The van der Waals surface area contributed by atoms with Crippen molar-refractivity contribution < 1.29 is 14.3 Å². The third kappa shape index (κ3) is 3.08. The van der Waals surface area contributed by atoms with Crippen LogP contribution in [0.1, 0.15) is 15.9 Å². The van der Waals surface area contributed by atoms with Crippen LogP contribution in [0.4, 0.5) is 0 Å². The van der Waals surface area contributed by atoms with E-state index < -0.39 is 0 Å². The van der Waals surface area contributed by atoms with Gasteiger partial charge < -0.3 is 9.47 Å². The van der Waals surface area contributed by atoms with E-state index >= 15 is 0 Å². The molecule has 0 amide bonds. The fraction of sp³-hybridized carbons (Fsp3) is 0.235. The number of ether oxygens (including phenoxy) is 2. The lowest BCUT2D eigenvalue weighted by Crippen LogP contribution is -2.08. The summed E-state index contributed by atoms with van der Waals surface area (Å²) in [6, 6.07) is 9.48. The Kier molecular flexibility index (Phi) is 5.37. The lowest BCUT2D eigenvalue weighted by molar-refractivity contribution is 0.0595. The van der Waals surface area contributed by atoms with Crippen molar-refractivity contribution in [3.05, 3.63) is 46.5 Å². The molecule has 0 unspecified atom stereocenters. The molecule has 0 spiro atoms. The van der Waals surface area contributed by atoms with E-state index in [9.17, 15) is 4.79 Å². The first-order valence-corrected chi connectivity index (χ1v) is 8.23.